The lowest BCUT2D eigenvalue weighted by Crippen LogP contribution is -2.10. The number of ketones is 1. The molecular formula is C11H14N2O. The number of rotatable bonds is 2. The van der Waals surface area contributed by atoms with Crippen LogP contribution in [0.5, 0.6) is 0 Å². The molecule has 0 aromatic carbocycles. The van der Waals surface area contributed by atoms with Crippen LogP contribution in [-0.4, -0.2) is 17.3 Å². The molecule has 0 amide bonds. The summed E-state index contributed by atoms with van der Waals surface area (Å²) in [4.78, 5) is 15.6. The molecule has 1 aliphatic carbocycles. The summed E-state index contributed by atoms with van der Waals surface area (Å²) < 4.78 is 0. The van der Waals surface area contributed by atoms with Crippen molar-refractivity contribution >= 4 is 5.78 Å². The van der Waals surface area contributed by atoms with E-state index in [1.807, 2.05) is 12.1 Å². The van der Waals surface area contributed by atoms with Crippen LogP contribution in [0.15, 0.2) is 24.5 Å². The Hall–Kier alpha value is -1.22. The van der Waals surface area contributed by atoms with Crippen LogP contribution < -0.4 is 5.73 Å². The van der Waals surface area contributed by atoms with Crippen molar-refractivity contribution in [2.24, 2.45) is 11.7 Å². The Balaban J connectivity index is 2.17. The number of hydrogen-bond donors (Lipinski definition) is 1. The fourth-order valence-corrected chi connectivity index (χ4v) is 2.07. The quantitative estimate of drug-likeness (QED) is 0.759. The number of nitrogens with zero attached hydrogens (tertiary/aromatic N) is 1. The lowest BCUT2D eigenvalue weighted by Gasteiger charge is -2.08. The molecule has 1 aromatic heterocycles. The summed E-state index contributed by atoms with van der Waals surface area (Å²) in [5, 5.41) is 0. The van der Waals surface area contributed by atoms with E-state index < -0.39 is 0 Å². The van der Waals surface area contributed by atoms with Crippen molar-refractivity contribution in [1.82, 2.24) is 4.98 Å². The standard InChI is InChI=1S/C11H14N2O/c12-7-8-5-10(11(14)6-8)9-1-3-13-4-2-9/h1-4,8,10H,5-7,12H2. The van der Waals surface area contributed by atoms with Gasteiger partial charge in [0, 0.05) is 24.7 Å². The fraction of sp³-hybridized carbons (Fsp3) is 0.455. The minimum atomic E-state index is 0.0616. The summed E-state index contributed by atoms with van der Waals surface area (Å²) in [7, 11) is 0. The second-order valence-corrected chi connectivity index (χ2v) is 3.84. The number of Topliss-reactive ketones (excluding diaryl/α,β-unsaturated/α-hetero) is 1. The third-order valence-corrected chi connectivity index (χ3v) is 2.89. The predicted octanol–water partition coefficient (Wildman–Crippen LogP) is 1.10. The minimum Gasteiger partial charge on any atom is -0.330 e. The van der Waals surface area contributed by atoms with Crippen molar-refractivity contribution < 1.29 is 4.79 Å². The number of aromatic nitrogens is 1. The van der Waals surface area contributed by atoms with E-state index in [0.717, 1.165) is 12.0 Å². The SMILES string of the molecule is NCC1CC(=O)C(c2ccncc2)C1. The largest absolute Gasteiger partial charge is 0.330 e. The number of pyridine rings is 1. The Morgan fingerprint density at radius 3 is 2.71 bits per heavy atom. The van der Waals surface area contributed by atoms with E-state index >= 15 is 0 Å². The molecule has 3 nitrogen and oxygen atoms in total. The first-order valence-electron chi connectivity index (χ1n) is 4.94. The van der Waals surface area contributed by atoms with Gasteiger partial charge in [-0.3, -0.25) is 9.78 Å². The van der Waals surface area contributed by atoms with Gasteiger partial charge in [0.1, 0.15) is 5.78 Å². The molecular weight excluding hydrogens is 176 g/mol. The summed E-state index contributed by atoms with van der Waals surface area (Å²) in [5.74, 6) is 0.763. The normalized spacial score (nSPS) is 26.8. The zero-order chi connectivity index (χ0) is 9.97. The second kappa shape index (κ2) is 3.88. The van der Waals surface area contributed by atoms with Gasteiger partial charge in [-0.25, -0.2) is 0 Å². The van der Waals surface area contributed by atoms with E-state index in [-0.39, 0.29) is 5.92 Å². The highest BCUT2D eigenvalue weighted by Crippen LogP contribution is 2.34. The first-order chi connectivity index (χ1) is 6.81. The van der Waals surface area contributed by atoms with Gasteiger partial charge in [-0.15, -0.1) is 0 Å². The van der Waals surface area contributed by atoms with E-state index in [2.05, 4.69) is 4.98 Å². The third kappa shape index (κ3) is 1.68. The van der Waals surface area contributed by atoms with Crippen molar-refractivity contribution in [3.05, 3.63) is 30.1 Å². The van der Waals surface area contributed by atoms with Gasteiger partial charge in [-0.2, -0.15) is 0 Å². The monoisotopic (exact) mass is 190 g/mol. The molecule has 0 bridgehead atoms. The summed E-state index contributed by atoms with van der Waals surface area (Å²) in [5.41, 5.74) is 6.66. The van der Waals surface area contributed by atoms with Crippen LogP contribution in [0.4, 0.5) is 0 Å². The molecule has 0 radical (unpaired) electrons. The van der Waals surface area contributed by atoms with E-state index in [4.69, 9.17) is 5.73 Å². The maximum absolute atomic E-state index is 11.7. The second-order valence-electron chi connectivity index (χ2n) is 3.84. The molecule has 1 saturated carbocycles. The van der Waals surface area contributed by atoms with Crippen LogP contribution in [0.2, 0.25) is 0 Å². The van der Waals surface area contributed by atoms with E-state index in [1.165, 1.54) is 0 Å². The highest BCUT2D eigenvalue weighted by molar-refractivity contribution is 5.88. The Labute approximate surface area is 83.3 Å². The zero-order valence-electron chi connectivity index (χ0n) is 8.02. The Morgan fingerprint density at radius 1 is 1.43 bits per heavy atom. The molecule has 0 saturated heterocycles. The van der Waals surface area contributed by atoms with Crippen molar-refractivity contribution in [3.8, 4) is 0 Å². The summed E-state index contributed by atoms with van der Waals surface area (Å²) in [6.45, 7) is 0.618. The van der Waals surface area contributed by atoms with E-state index in [9.17, 15) is 4.79 Å². The minimum absolute atomic E-state index is 0.0616. The molecule has 2 atom stereocenters. The van der Waals surface area contributed by atoms with Gasteiger partial charge in [0.25, 0.3) is 0 Å². The molecule has 14 heavy (non-hydrogen) atoms. The van der Waals surface area contributed by atoms with E-state index in [1.54, 1.807) is 12.4 Å². The average molecular weight is 190 g/mol. The fourth-order valence-electron chi connectivity index (χ4n) is 2.07. The molecule has 2 N–H and O–H groups in total. The number of hydrogen-bond acceptors (Lipinski definition) is 3. The topological polar surface area (TPSA) is 56.0 Å². The summed E-state index contributed by atoms with van der Waals surface area (Å²) in [6.07, 6.45) is 5.01. The first kappa shape index (κ1) is 9.34. The Bertz CT molecular complexity index is 323. The van der Waals surface area contributed by atoms with Gasteiger partial charge in [-0.1, -0.05) is 0 Å². The third-order valence-electron chi connectivity index (χ3n) is 2.89. The van der Waals surface area contributed by atoms with Gasteiger partial charge in [0.2, 0.25) is 0 Å². The predicted molar refractivity (Wildman–Crippen MR) is 53.8 cm³/mol. The van der Waals surface area contributed by atoms with Gasteiger partial charge >= 0.3 is 0 Å². The van der Waals surface area contributed by atoms with Gasteiger partial charge in [0.05, 0.1) is 0 Å². The number of nitrogens with two attached hydrogens (primary N) is 1. The molecule has 1 heterocycles. The Morgan fingerprint density at radius 2 is 2.14 bits per heavy atom. The highest BCUT2D eigenvalue weighted by atomic mass is 16.1. The first-order valence-corrected chi connectivity index (χ1v) is 4.94. The molecule has 1 fully saturated rings. The van der Waals surface area contributed by atoms with Crippen LogP contribution in [-0.2, 0) is 4.79 Å². The molecule has 0 spiro atoms. The van der Waals surface area contributed by atoms with Crippen molar-refractivity contribution in [1.29, 1.82) is 0 Å². The average Bonchev–Trinajstić information content (AvgIpc) is 2.61. The smallest absolute Gasteiger partial charge is 0.140 e. The van der Waals surface area contributed by atoms with Crippen LogP contribution in [0.1, 0.15) is 24.3 Å². The van der Waals surface area contributed by atoms with Crippen LogP contribution >= 0.6 is 0 Å². The van der Waals surface area contributed by atoms with Crippen molar-refractivity contribution in [2.45, 2.75) is 18.8 Å². The lowest BCUT2D eigenvalue weighted by atomic mass is 9.97. The van der Waals surface area contributed by atoms with E-state index in [0.29, 0.717) is 24.7 Å². The van der Waals surface area contributed by atoms with Crippen LogP contribution in [0, 0.1) is 5.92 Å². The number of carbonyl (C=O) groups excluding carboxylic acids is 1. The van der Waals surface area contributed by atoms with Crippen LogP contribution in [0.3, 0.4) is 0 Å². The maximum Gasteiger partial charge on any atom is 0.140 e. The molecule has 1 aliphatic rings. The zero-order valence-corrected chi connectivity index (χ0v) is 8.02. The molecule has 1 aromatic rings. The lowest BCUT2D eigenvalue weighted by molar-refractivity contribution is -0.118. The molecule has 0 aliphatic heterocycles. The highest BCUT2D eigenvalue weighted by Gasteiger charge is 2.32. The van der Waals surface area contributed by atoms with Crippen molar-refractivity contribution in [3.63, 3.8) is 0 Å². The summed E-state index contributed by atoms with van der Waals surface area (Å²) in [6, 6.07) is 3.84. The van der Waals surface area contributed by atoms with Crippen LogP contribution in [0.25, 0.3) is 0 Å². The molecule has 2 unspecified atom stereocenters. The summed E-state index contributed by atoms with van der Waals surface area (Å²) >= 11 is 0. The van der Waals surface area contributed by atoms with Gasteiger partial charge in [-0.05, 0) is 36.6 Å². The molecule has 3 heteroatoms. The van der Waals surface area contributed by atoms with Crippen molar-refractivity contribution in [2.75, 3.05) is 6.54 Å². The molecule has 74 valence electrons. The Kier molecular flexibility index (Phi) is 2.59. The maximum atomic E-state index is 11.7. The van der Waals surface area contributed by atoms with Gasteiger partial charge < -0.3 is 5.73 Å². The van der Waals surface area contributed by atoms with Gasteiger partial charge in [0.15, 0.2) is 0 Å². The number of carbonyl (C=O) groups is 1. The molecule has 2 rings (SSSR count).